The van der Waals surface area contributed by atoms with Crippen LogP contribution in [0.1, 0.15) is 20.8 Å². The Morgan fingerprint density at radius 3 is 2.59 bits per heavy atom. The summed E-state index contributed by atoms with van der Waals surface area (Å²) in [5.74, 6) is -0.544. The lowest BCUT2D eigenvalue weighted by molar-refractivity contribution is -0.120. The average Bonchev–Trinajstić information content (AvgIpc) is 2.13. The molecule has 1 aromatic carbocycles. The second kappa shape index (κ2) is 5.36. The van der Waals surface area contributed by atoms with Gasteiger partial charge in [0.05, 0.1) is 17.3 Å². The van der Waals surface area contributed by atoms with E-state index in [0.29, 0.717) is 5.69 Å². The second-order valence-corrected chi connectivity index (χ2v) is 5.18. The van der Waals surface area contributed by atoms with Crippen LogP contribution in [0.15, 0.2) is 18.2 Å². The first-order valence-corrected chi connectivity index (χ1v) is 5.66. The number of carbonyl (C=O) groups is 1. The Bertz CT molecular complexity index is 415. The van der Waals surface area contributed by atoms with E-state index in [-0.39, 0.29) is 23.0 Å². The van der Waals surface area contributed by atoms with Crippen molar-refractivity contribution in [2.24, 2.45) is 0 Å². The van der Waals surface area contributed by atoms with Crippen LogP contribution in [0.2, 0.25) is 5.02 Å². The summed E-state index contributed by atoms with van der Waals surface area (Å²) < 4.78 is 12.8. The Labute approximate surface area is 105 Å². The Morgan fingerprint density at radius 1 is 1.41 bits per heavy atom. The summed E-state index contributed by atoms with van der Waals surface area (Å²) in [5, 5.41) is 5.91. The van der Waals surface area contributed by atoms with E-state index in [9.17, 15) is 9.18 Å². The van der Waals surface area contributed by atoms with Gasteiger partial charge in [0.2, 0.25) is 5.91 Å². The van der Waals surface area contributed by atoms with Gasteiger partial charge in [0, 0.05) is 5.54 Å². The number of amides is 1. The Morgan fingerprint density at radius 2 is 2.06 bits per heavy atom. The molecule has 1 rings (SSSR count). The molecule has 0 heterocycles. The number of nitrogens with one attached hydrogen (secondary N) is 2. The molecule has 0 unspecified atom stereocenters. The second-order valence-electron chi connectivity index (χ2n) is 4.78. The number of anilines is 1. The molecule has 0 spiro atoms. The molecule has 0 aliphatic heterocycles. The summed E-state index contributed by atoms with van der Waals surface area (Å²) in [7, 11) is 0. The largest absolute Gasteiger partial charge is 0.375 e. The molecule has 1 aromatic rings. The lowest BCUT2D eigenvalue weighted by Gasteiger charge is -2.20. The Hall–Kier alpha value is -1.29. The minimum absolute atomic E-state index is 0.0998. The van der Waals surface area contributed by atoms with E-state index in [2.05, 4.69) is 10.6 Å². The maximum atomic E-state index is 12.8. The van der Waals surface area contributed by atoms with Gasteiger partial charge >= 0.3 is 0 Å². The van der Waals surface area contributed by atoms with Crippen molar-refractivity contribution in [1.82, 2.24) is 5.32 Å². The van der Waals surface area contributed by atoms with E-state index in [4.69, 9.17) is 11.6 Å². The fraction of sp³-hybridized carbons (Fsp3) is 0.417. The molecule has 2 N–H and O–H groups in total. The molecule has 0 saturated carbocycles. The first-order chi connectivity index (χ1) is 7.78. The smallest absolute Gasteiger partial charge is 0.239 e. The molecular weight excluding hydrogens is 243 g/mol. The molecule has 3 nitrogen and oxygen atoms in total. The summed E-state index contributed by atoms with van der Waals surface area (Å²) in [6.45, 7) is 5.80. The highest BCUT2D eigenvalue weighted by molar-refractivity contribution is 6.33. The van der Waals surface area contributed by atoms with Gasteiger partial charge in [0.25, 0.3) is 0 Å². The Balaban J connectivity index is 2.53. The zero-order valence-corrected chi connectivity index (χ0v) is 10.9. The molecule has 0 aromatic heterocycles. The molecule has 0 aliphatic rings. The van der Waals surface area contributed by atoms with Crippen LogP contribution in [0.4, 0.5) is 10.1 Å². The molecule has 1 amide bonds. The third-order valence-corrected chi connectivity index (χ3v) is 2.20. The standard InChI is InChI=1S/C12H16ClFN2O/c1-12(2,3)16-11(17)7-15-10-5-4-8(14)6-9(10)13/h4-6,15H,7H2,1-3H3,(H,16,17). The van der Waals surface area contributed by atoms with Crippen molar-refractivity contribution in [2.45, 2.75) is 26.3 Å². The van der Waals surface area contributed by atoms with Crippen LogP contribution in [-0.4, -0.2) is 18.0 Å². The monoisotopic (exact) mass is 258 g/mol. The van der Waals surface area contributed by atoms with E-state index in [1.165, 1.54) is 18.2 Å². The number of benzene rings is 1. The van der Waals surface area contributed by atoms with E-state index >= 15 is 0 Å². The highest BCUT2D eigenvalue weighted by Crippen LogP contribution is 2.21. The number of carbonyl (C=O) groups excluding carboxylic acids is 1. The molecule has 0 radical (unpaired) electrons. The third-order valence-electron chi connectivity index (χ3n) is 1.88. The van der Waals surface area contributed by atoms with Gasteiger partial charge in [-0.05, 0) is 39.0 Å². The first-order valence-electron chi connectivity index (χ1n) is 5.28. The maximum absolute atomic E-state index is 12.8. The molecule has 0 fully saturated rings. The topological polar surface area (TPSA) is 41.1 Å². The lowest BCUT2D eigenvalue weighted by atomic mass is 10.1. The molecule has 0 aliphatic carbocycles. The molecule has 0 bridgehead atoms. The van der Waals surface area contributed by atoms with Gasteiger partial charge in [0.1, 0.15) is 5.82 Å². The first kappa shape index (κ1) is 13.8. The summed E-state index contributed by atoms with van der Waals surface area (Å²) in [5.41, 5.74) is 0.267. The van der Waals surface area contributed by atoms with Crippen molar-refractivity contribution >= 4 is 23.2 Å². The van der Waals surface area contributed by atoms with Crippen molar-refractivity contribution in [3.8, 4) is 0 Å². The van der Waals surface area contributed by atoms with Crippen molar-refractivity contribution in [2.75, 3.05) is 11.9 Å². The summed E-state index contributed by atoms with van der Waals surface area (Å²) in [6.07, 6.45) is 0. The van der Waals surface area contributed by atoms with Gasteiger partial charge in [-0.25, -0.2) is 4.39 Å². The zero-order valence-electron chi connectivity index (χ0n) is 10.1. The molecule has 17 heavy (non-hydrogen) atoms. The van der Waals surface area contributed by atoms with Crippen molar-refractivity contribution in [3.05, 3.63) is 29.0 Å². The highest BCUT2D eigenvalue weighted by atomic mass is 35.5. The van der Waals surface area contributed by atoms with Gasteiger partial charge < -0.3 is 10.6 Å². The fourth-order valence-electron chi connectivity index (χ4n) is 1.27. The molecular formula is C12H16ClFN2O. The minimum atomic E-state index is -0.403. The predicted octanol–water partition coefficient (Wildman–Crippen LogP) is 2.81. The highest BCUT2D eigenvalue weighted by Gasteiger charge is 2.13. The summed E-state index contributed by atoms with van der Waals surface area (Å²) >= 11 is 5.81. The van der Waals surface area contributed by atoms with E-state index in [0.717, 1.165) is 0 Å². The fourth-order valence-corrected chi connectivity index (χ4v) is 1.50. The van der Waals surface area contributed by atoms with Crippen LogP contribution in [0.25, 0.3) is 0 Å². The van der Waals surface area contributed by atoms with Crippen LogP contribution < -0.4 is 10.6 Å². The molecule has 94 valence electrons. The quantitative estimate of drug-likeness (QED) is 0.875. The molecule has 0 saturated heterocycles. The van der Waals surface area contributed by atoms with E-state index in [1.54, 1.807) is 0 Å². The van der Waals surface area contributed by atoms with Crippen molar-refractivity contribution in [3.63, 3.8) is 0 Å². The number of hydrogen-bond donors (Lipinski definition) is 2. The van der Waals surface area contributed by atoms with Crippen LogP contribution in [0.3, 0.4) is 0 Å². The number of hydrogen-bond acceptors (Lipinski definition) is 2. The minimum Gasteiger partial charge on any atom is -0.375 e. The van der Waals surface area contributed by atoms with Crippen LogP contribution in [0.5, 0.6) is 0 Å². The maximum Gasteiger partial charge on any atom is 0.239 e. The predicted molar refractivity (Wildman–Crippen MR) is 67.8 cm³/mol. The molecule has 0 atom stereocenters. The van der Waals surface area contributed by atoms with Crippen LogP contribution in [-0.2, 0) is 4.79 Å². The molecule has 5 heteroatoms. The summed E-state index contributed by atoms with van der Waals surface area (Å²) in [6, 6.07) is 3.99. The van der Waals surface area contributed by atoms with Gasteiger partial charge in [-0.1, -0.05) is 11.6 Å². The van der Waals surface area contributed by atoms with Crippen molar-refractivity contribution < 1.29 is 9.18 Å². The van der Waals surface area contributed by atoms with Gasteiger partial charge in [-0.3, -0.25) is 4.79 Å². The number of halogens is 2. The van der Waals surface area contributed by atoms with Gasteiger partial charge in [-0.2, -0.15) is 0 Å². The third kappa shape index (κ3) is 5.04. The van der Waals surface area contributed by atoms with Gasteiger partial charge in [0.15, 0.2) is 0 Å². The zero-order chi connectivity index (χ0) is 13.1. The van der Waals surface area contributed by atoms with Crippen LogP contribution >= 0.6 is 11.6 Å². The normalized spacial score (nSPS) is 11.1. The average molecular weight is 259 g/mol. The Kier molecular flexibility index (Phi) is 4.34. The SMILES string of the molecule is CC(C)(C)NC(=O)CNc1ccc(F)cc1Cl. The van der Waals surface area contributed by atoms with E-state index in [1.807, 2.05) is 20.8 Å². The number of rotatable bonds is 3. The summed E-state index contributed by atoms with van der Waals surface area (Å²) in [4.78, 5) is 11.5. The van der Waals surface area contributed by atoms with E-state index < -0.39 is 5.82 Å². The lowest BCUT2D eigenvalue weighted by Crippen LogP contribution is -2.43. The van der Waals surface area contributed by atoms with Gasteiger partial charge in [-0.15, -0.1) is 0 Å². The van der Waals surface area contributed by atoms with Crippen LogP contribution in [0, 0.1) is 5.82 Å². The van der Waals surface area contributed by atoms with Crippen molar-refractivity contribution in [1.29, 1.82) is 0 Å².